The third-order valence-electron chi connectivity index (χ3n) is 11.2. The molecule has 1 spiro atoms. The van der Waals surface area contributed by atoms with Gasteiger partial charge < -0.3 is 0 Å². The molecule has 5 nitrogen and oxygen atoms in total. The quantitative estimate of drug-likeness (QED) is 0.179. The van der Waals surface area contributed by atoms with Gasteiger partial charge in [-0.15, -0.1) is 0 Å². The Hall–Kier alpha value is -7.37. The molecule has 2 aliphatic carbocycles. The van der Waals surface area contributed by atoms with Crippen LogP contribution in [0.3, 0.4) is 0 Å². The van der Waals surface area contributed by atoms with Crippen LogP contribution in [0, 0.1) is 0 Å². The minimum absolute atomic E-state index is 0.409. The Morgan fingerprint density at radius 1 is 0.273 bits per heavy atom. The van der Waals surface area contributed by atoms with Crippen LogP contribution in [0.2, 0.25) is 0 Å². The van der Waals surface area contributed by atoms with Crippen LogP contribution in [0.25, 0.3) is 78.7 Å². The van der Waals surface area contributed by atoms with E-state index in [-0.39, 0.29) is 0 Å². The molecule has 0 unspecified atom stereocenters. The molecule has 3 heterocycles. The van der Waals surface area contributed by atoms with Crippen molar-refractivity contribution in [1.82, 2.24) is 24.9 Å². The van der Waals surface area contributed by atoms with Crippen LogP contribution in [0.1, 0.15) is 22.3 Å². The molecule has 0 saturated carbocycles. The molecule has 3 aromatic heterocycles. The molecule has 0 amide bonds. The fraction of sp³-hybridized carbons (Fsp3) is 0.0200. The highest BCUT2D eigenvalue weighted by molar-refractivity contribution is 5.96. The van der Waals surface area contributed by atoms with Crippen molar-refractivity contribution in [2.75, 3.05) is 0 Å². The summed E-state index contributed by atoms with van der Waals surface area (Å²) < 4.78 is 0. The van der Waals surface area contributed by atoms with Crippen molar-refractivity contribution in [1.29, 1.82) is 0 Å². The molecule has 0 radical (unpaired) electrons. The lowest BCUT2D eigenvalue weighted by atomic mass is 9.70. The van der Waals surface area contributed by atoms with Crippen molar-refractivity contribution in [3.63, 3.8) is 0 Å². The Morgan fingerprint density at radius 2 is 0.655 bits per heavy atom. The molecule has 6 aromatic carbocycles. The summed E-state index contributed by atoms with van der Waals surface area (Å²) in [5, 5.41) is 0. The number of hydrogen-bond donors (Lipinski definition) is 0. The molecular formula is C50H31N5. The monoisotopic (exact) mass is 701 g/mol. The molecule has 2 aliphatic rings. The molecule has 0 N–H and O–H groups in total. The van der Waals surface area contributed by atoms with Crippen LogP contribution in [0.4, 0.5) is 0 Å². The summed E-state index contributed by atoms with van der Waals surface area (Å²) in [4.78, 5) is 24.0. The SMILES string of the molecule is c1cc(-c2ccncc2)cc(-c2nc(-c3cccc(-c4ccncc4)c3)nc(-c3ccc4c(c3)-c3ccccc3C43c4ccccc4-c4ccccc43)n2)c1. The number of benzene rings is 6. The molecule has 0 atom stereocenters. The first-order valence-electron chi connectivity index (χ1n) is 18.5. The van der Waals surface area contributed by atoms with Gasteiger partial charge in [-0.2, -0.15) is 0 Å². The summed E-state index contributed by atoms with van der Waals surface area (Å²) in [5.41, 5.74) is 16.9. The number of fused-ring (bicyclic) bond motifs is 10. The third-order valence-corrected chi connectivity index (χ3v) is 11.2. The van der Waals surface area contributed by atoms with E-state index in [1.807, 2.05) is 49.1 Å². The molecule has 0 bridgehead atoms. The molecule has 5 heteroatoms. The van der Waals surface area contributed by atoms with Gasteiger partial charge in [0.15, 0.2) is 17.5 Å². The second-order valence-corrected chi connectivity index (χ2v) is 14.1. The fourth-order valence-electron chi connectivity index (χ4n) is 8.77. The van der Waals surface area contributed by atoms with E-state index in [9.17, 15) is 0 Å². The Morgan fingerprint density at radius 3 is 1.13 bits per heavy atom. The van der Waals surface area contributed by atoms with Gasteiger partial charge in [-0.25, -0.2) is 15.0 Å². The average Bonchev–Trinajstić information content (AvgIpc) is 3.74. The van der Waals surface area contributed by atoms with E-state index in [4.69, 9.17) is 15.0 Å². The lowest BCUT2D eigenvalue weighted by Crippen LogP contribution is -2.25. The number of hydrogen-bond acceptors (Lipinski definition) is 5. The van der Waals surface area contributed by atoms with Crippen LogP contribution < -0.4 is 0 Å². The van der Waals surface area contributed by atoms with Crippen LogP contribution in [-0.2, 0) is 5.41 Å². The second kappa shape index (κ2) is 12.4. The van der Waals surface area contributed by atoms with Gasteiger partial charge in [-0.3, -0.25) is 9.97 Å². The highest BCUT2D eigenvalue weighted by Crippen LogP contribution is 2.62. The Bertz CT molecular complexity index is 2790. The fourth-order valence-corrected chi connectivity index (χ4v) is 8.77. The highest BCUT2D eigenvalue weighted by Gasteiger charge is 2.51. The minimum Gasteiger partial charge on any atom is -0.265 e. The summed E-state index contributed by atoms with van der Waals surface area (Å²) in [6, 6.07) is 58.3. The summed E-state index contributed by atoms with van der Waals surface area (Å²) in [6.45, 7) is 0. The summed E-state index contributed by atoms with van der Waals surface area (Å²) in [6.07, 6.45) is 7.26. The van der Waals surface area contributed by atoms with Crippen molar-refractivity contribution in [3.8, 4) is 78.7 Å². The van der Waals surface area contributed by atoms with E-state index in [1.54, 1.807) is 0 Å². The van der Waals surface area contributed by atoms with Gasteiger partial charge in [0.2, 0.25) is 0 Å². The second-order valence-electron chi connectivity index (χ2n) is 14.1. The zero-order chi connectivity index (χ0) is 36.3. The van der Waals surface area contributed by atoms with E-state index in [1.165, 1.54) is 44.5 Å². The van der Waals surface area contributed by atoms with Crippen molar-refractivity contribution < 1.29 is 0 Å². The van der Waals surface area contributed by atoms with Crippen LogP contribution in [0.5, 0.6) is 0 Å². The topological polar surface area (TPSA) is 64.5 Å². The first-order chi connectivity index (χ1) is 27.3. The number of rotatable bonds is 5. The van der Waals surface area contributed by atoms with Gasteiger partial charge in [0.1, 0.15) is 0 Å². The zero-order valence-electron chi connectivity index (χ0n) is 29.6. The summed E-state index contributed by atoms with van der Waals surface area (Å²) >= 11 is 0. The smallest absolute Gasteiger partial charge is 0.164 e. The van der Waals surface area contributed by atoms with Crippen LogP contribution >= 0.6 is 0 Å². The van der Waals surface area contributed by atoms with E-state index >= 15 is 0 Å². The standard InChI is InChI=1S/C50H31N5/c1-4-16-43-39(13-1)40-14-2-5-17-44(40)50(43)45-18-6-3-15-41(45)42-31-38(19-20-46(42)50)49-54-47(36-11-7-9-34(29-36)32-21-25-51-26-22-32)53-48(55-49)37-12-8-10-35(30-37)33-23-27-52-28-24-33/h1-31H. The maximum Gasteiger partial charge on any atom is 0.164 e. The zero-order valence-corrected chi connectivity index (χ0v) is 29.6. The average molecular weight is 702 g/mol. The molecule has 256 valence electrons. The van der Waals surface area contributed by atoms with Crippen molar-refractivity contribution >= 4 is 0 Å². The van der Waals surface area contributed by atoms with Crippen LogP contribution in [-0.4, -0.2) is 24.9 Å². The summed E-state index contributed by atoms with van der Waals surface area (Å²) in [5.74, 6) is 1.85. The van der Waals surface area contributed by atoms with Gasteiger partial charge in [-0.1, -0.05) is 121 Å². The lowest BCUT2D eigenvalue weighted by molar-refractivity contribution is 0.794. The molecule has 11 rings (SSSR count). The van der Waals surface area contributed by atoms with Gasteiger partial charge in [-0.05, 0) is 109 Å². The molecule has 9 aromatic rings. The predicted molar refractivity (Wildman–Crippen MR) is 219 cm³/mol. The van der Waals surface area contributed by atoms with E-state index in [2.05, 4.69) is 149 Å². The third kappa shape index (κ3) is 4.83. The largest absolute Gasteiger partial charge is 0.265 e. The highest BCUT2D eigenvalue weighted by atomic mass is 15.0. The Kier molecular flexibility index (Phi) is 7.01. The maximum absolute atomic E-state index is 5.21. The van der Waals surface area contributed by atoms with E-state index in [0.717, 1.165) is 38.9 Å². The first-order valence-corrected chi connectivity index (χ1v) is 18.5. The number of aromatic nitrogens is 5. The van der Waals surface area contributed by atoms with Gasteiger partial charge in [0.05, 0.1) is 5.41 Å². The van der Waals surface area contributed by atoms with Crippen LogP contribution in [0.15, 0.2) is 189 Å². The molecule has 0 saturated heterocycles. The predicted octanol–water partition coefficient (Wildman–Crippen LogP) is 11.3. The van der Waals surface area contributed by atoms with E-state index < -0.39 is 5.41 Å². The van der Waals surface area contributed by atoms with Crippen molar-refractivity contribution in [2.24, 2.45) is 0 Å². The molecule has 55 heavy (non-hydrogen) atoms. The summed E-state index contributed by atoms with van der Waals surface area (Å²) in [7, 11) is 0. The van der Waals surface area contributed by atoms with Gasteiger partial charge in [0.25, 0.3) is 0 Å². The molecule has 0 aliphatic heterocycles. The Balaban J connectivity index is 1.11. The molecular weight excluding hydrogens is 671 g/mol. The van der Waals surface area contributed by atoms with Gasteiger partial charge in [0, 0.05) is 41.5 Å². The van der Waals surface area contributed by atoms with Crippen molar-refractivity contribution in [2.45, 2.75) is 5.41 Å². The molecule has 0 fully saturated rings. The number of nitrogens with zero attached hydrogens (tertiary/aromatic N) is 5. The first kappa shape index (κ1) is 31.2. The minimum atomic E-state index is -0.409. The van der Waals surface area contributed by atoms with Crippen molar-refractivity contribution in [3.05, 3.63) is 211 Å². The number of pyridine rings is 2. The Labute approximate surface area is 318 Å². The maximum atomic E-state index is 5.21. The lowest BCUT2D eigenvalue weighted by Gasteiger charge is -2.30. The van der Waals surface area contributed by atoms with E-state index in [0.29, 0.717) is 17.5 Å². The van der Waals surface area contributed by atoms with Gasteiger partial charge >= 0.3 is 0 Å². The normalized spacial score (nSPS) is 12.9.